The van der Waals surface area contributed by atoms with Crippen LogP contribution in [-0.2, 0) is 0 Å². The molecule has 0 spiro atoms. The summed E-state index contributed by atoms with van der Waals surface area (Å²) in [6, 6.07) is 58.3. The third kappa shape index (κ3) is 5.03. The number of fused-ring (bicyclic) bond motifs is 5. The first kappa shape index (κ1) is 29.0. The lowest BCUT2D eigenvalue weighted by molar-refractivity contribution is 0.656. The summed E-state index contributed by atoms with van der Waals surface area (Å²) >= 11 is 0. The Hall–Kier alpha value is -6.98. The Morgan fingerprint density at radius 2 is 0.922 bits per heavy atom. The predicted octanol–water partition coefficient (Wildman–Crippen LogP) is 11.8. The molecule has 0 unspecified atom stereocenters. The van der Waals surface area contributed by atoms with Crippen LogP contribution in [-0.4, -0.2) is 19.9 Å². The highest BCUT2D eigenvalue weighted by atomic mass is 16.3. The Morgan fingerprint density at radius 3 is 1.69 bits per heavy atom. The molecule has 10 rings (SSSR count). The van der Waals surface area contributed by atoms with E-state index < -0.39 is 0 Å². The first-order valence-electron chi connectivity index (χ1n) is 17.0. The van der Waals surface area contributed by atoms with Gasteiger partial charge in [-0.3, -0.25) is 0 Å². The van der Waals surface area contributed by atoms with E-state index in [0.29, 0.717) is 23.2 Å². The molecular weight excluding hydrogens is 625 g/mol. The summed E-state index contributed by atoms with van der Waals surface area (Å²) in [7, 11) is 0. The molecule has 10 aromatic rings. The van der Waals surface area contributed by atoms with Crippen LogP contribution in [0.25, 0.3) is 100 Å². The van der Waals surface area contributed by atoms with E-state index >= 15 is 0 Å². The fourth-order valence-electron chi connectivity index (χ4n) is 7.09. The Labute approximate surface area is 293 Å². The third-order valence-electron chi connectivity index (χ3n) is 9.56. The average Bonchev–Trinajstić information content (AvgIpc) is 3.57. The van der Waals surface area contributed by atoms with E-state index in [4.69, 9.17) is 24.4 Å². The first-order valence-corrected chi connectivity index (χ1v) is 17.0. The van der Waals surface area contributed by atoms with Crippen LogP contribution in [0.15, 0.2) is 174 Å². The number of pyridine rings is 1. The molecule has 0 fully saturated rings. The normalized spacial score (nSPS) is 11.5. The van der Waals surface area contributed by atoms with Crippen LogP contribution < -0.4 is 0 Å². The average molecular weight is 653 g/mol. The van der Waals surface area contributed by atoms with E-state index in [9.17, 15) is 0 Å². The van der Waals surface area contributed by atoms with Crippen LogP contribution >= 0.6 is 0 Å². The minimum atomic E-state index is 0.622. The van der Waals surface area contributed by atoms with Crippen LogP contribution in [0.4, 0.5) is 0 Å². The van der Waals surface area contributed by atoms with Crippen molar-refractivity contribution < 1.29 is 4.42 Å². The molecule has 0 amide bonds. The van der Waals surface area contributed by atoms with E-state index in [1.165, 1.54) is 5.56 Å². The van der Waals surface area contributed by atoms with Gasteiger partial charge in [-0.2, -0.15) is 0 Å². The number of benzene rings is 7. The maximum atomic E-state index is 6.33. The molecule has 5 nitrogen and oxygen atoms in total. The molecule has 7 aromatic carbocycles. The van der Waals surface area contributed by atoms with Crippen LogP contribution in [0.3, 0.4) is 0 Å². The molecule has 0 bridgehead atoms. The minimum Gasteiger partial charge on any atom is -0.438 e. The predicted molar refractivity (Wildman–Crippen MR) is 207 cm³/mol. The van der Waals surface area contributed by atoms with Gasteiger partial charge in [-0.15, -0.1) is 0 Å². The Kier molecular flexibility index (Phi) is 6.74. The number of nitrogens with zero attached hydrogens (tertiary/aromatic N) is 4. The van der Waals surface area contributed by atoms with Gasteiger partial charge >= 0.3 is 0 Å². The molecule has 238 valence electrons. The second-order valence-electron chi connectivity index (χ2n) is 12.6. The van der Waals surface area contributed by atoms with Gasteiger partial charge in [-0.25, -0.2) is 19.9 Å². The molecule has 0 radical (unpaired) electrons. The largest absolute Gasteiger partial charge is 0.438 e. The molecule has 0 atom stereocenters. The first-order chi connectivity index (χ1) is 25.3. The van der Waals surface area contributed by atoms with Gasteiger partial charge in [0.15, 0.2) is 17.5 Å². The lowest BCUT2D eigenvalue weighted by Gasteiger charge is -2.14. The van der Waals surface area contributed by atoms with Crippen LogP contribution in [0.2, 0.25) is 0 Å². The van der Waals surface area contributed by atoms with E-state index in [1.807, 2.05) is 60.7 Å². The van der Waals surface area contributed by atoms with Gasteiger partial charge in [-0.1, -0.05) is 146 Å². The lowest BCUT2D eigenvalue weighted by Crippen LogP contribution is -2.00. The smallest absolute Gasteiger partial charge is 0.227 e. The van der Waals surface area contributed by atoms with Gasteiger partial charge < -0.3 is 4.42 Å². The molecule has 0 aliphatic heterocycles. The Balaban J connectivity index is 1.15. The lowest BCUT2D eigenvalue weighted by atomic mass is 9.92. The third-order valence-corrected chi connectivity index (χ3v) is 9.56. The van der Waals surface area contributed by atoms with E-state index in [2.05, 4.69) is 109 Å². The highest BCUT2D eigenvalue weighted by molar-refractivity contribution is 6.17. The van der Waals surface area contributed by atoms with Crippen molar-refractivity contribution in [2.75, 3.05) is 0 Å². The van der Waals surface area contributed by atoms with Crippen molar-refractivity contribution in [1.29, 1.82) is 0 Å². The SMILES string of the molecule is c1ccc(-c2ccc(-c3nc(-c4ccccc4)nc(-c4ccc(-c5cccc6oc7nc8ccccc8cc7c56)c5ccccc45)n3)cc2)cc1. The van der Waals surface area contributed by atoms with Gasteiger partial charge in [0.25, 0.3) is 0 Å². The summed E-state index contributed by atoms with van der Waals surface area (Å²) in [5.74, 6) is 1.88. The Bertz CT molecular complexity index is 2900. The molecule has 0 N–H and O–H groups in total. The molecule has 0 aliphatic carbocycles. The second-order valence-corrected chi connectivity index (χ2v) is 12.6. The van der Waals surface area contributed by atoms with Gasteiger partial charge in [0, 0.05) is 32.8 Å². The van der Waals surface area contributed by atoms with Gasteiger partial charge in [0.1, 0.15) is 5.58 Å². The molecular formula is C46H28N4O. The quantitative estimate of drug-likeness (QED) is 0.185. The molecule has 3 heterocycles. The summed E-state index contributed by atoms with van der Waals surface area (Å²) in [5.41, 5.74) is 9.66. The number of para-hydroxylation sites is 1. The van der Waals surface area contributed by atoms with Crippen molar-refractivity contribution in [3.05, 3.63) is 170 Å². The summed E-state index contributed by atoms with van der Waals surface area (Å²) in [5, 5.41) is 5.29. The molecule has 5 heteroatoms. The van der Waals surface area contributed by atoms with Crippen molar-refractivity contribution >= 4 is 43.7 Å². The van der Waals surface area contributed by atoms with Crippen molar-refractivity contribution in [2.24, 2.45) is 0 Å². The van der Waals surface area contributed by atoms with Crippen LogP contribution in [0.5, 0.6) is 0 Å². The number of aromatic nitrogens is 4. The zero-order chi connectivity index (χ0) is 33.7. The zero-order valence-electron chi connectivity index (χ0n) is 27.4. The second kappa shape index (κ2) is 11.9. The fourth-order valence-corrected chi connectivity index (χ4v) is 7.09. The summed E-state index contributed by atoms with van der Waals surface area (Å²) < 4.78 is 6.33. The zero-order valence-corrected chi connectivity index (χ0v) is 27.4. The van der Waals surface area contributed by atoms with Gasteiger partial charge in [-0.05, 0) is 57.3 Å². The number of rotatable bonds is 5. The van der Waals surface area contributed by atoms with E-state index in [1.54, 1.807) is 0 Å². The van der Waals surface area contributed by atoms with Crippen molar-refractivity contribution in [1.82, 2.24) is 19.9 Å². The minimum absolute atomic E-state index is 0.622. The summed E-state index contributed by atoms with van der Waals surface area (Å²) in [6.45, 7) is 0. The Morgan fingerprint density at radius 1 is 0.353 bits per heavy atom. The molecule has 3 aromatic heterocycles. The summed E-state index contributed by atoms with van der Waals surface area (Å²) in [6.07, 6.45) is 0. The van der Waals surface area contributed by atoms with Gasteiger partial charge in [0.05, 0.1) is 5.52 Å². The fraction of sp³-hybridized carbons (Fsp3) is 0. The van der Waals surface area contributed by atoms with Crippen molar-refractivity contribution in [3.63, 3.8) is 0 Å². The highest BCUT2D eigenvalue weighted by Gasteiger charge is 2.19. The molecule has 0 aliphatic rings. The standard InChI is InChI=1S/C46H28N4O/c1-3-12-29(13-4-1)30-22-24-32(25-23-30)44-48-43(31-14-5-2-6-15-31)49-45(50-44)38-27-26-36(34-17-8-9-18-35(34)38)37-19-11-21-41-42(37)39-28-33-16-7-10-20-40(33)47-46(39)51-41/h1-28H. The number of furan rings is 1. The number of hydrogen-bond acceptors (Lipinski definition) is 5. The van der Waals surface area contributed by atoms with Gasteiger partial charge in [0.2, 0.25) is 5.71 Å². The molecule has 51 heavy (non-hydrogen) atoms. The highest BCUT2D eigenvalue weighted by Crippen LogP contribution is 2.42. The van der Waals surface area contributed by atoms with E-state index in [-0.39, 0.29) is 0 Å². The molecule has 0 saturated carbocycles. The topological polar surface area (TPSA) is 64.7 Å². The number of hydrogen-bond donors (Lipinski definition) is 0. The van der Waals surface area contributed by atoms with Crippen molar-refractivity contribution in [3.8, 4) is 56.4 Å². The van der Waals surface area contributed by atoms with Crippen LogP contribution in [0, 0.1) is 0 Å². The maximum Gasteiger partial charge on any atom is 0.227 e. The van der Waals surface area contributed by atoms with Crippen LogP contribution in [0.1, 0.15) is 0 Å². The maximum absolute atomic E-state index is 6.33. The summed E-state index contributed by atoms with van der Waals surface area (Å²) in [4.78, 5) is 20.1. The monoisotopic (exact) mass is 652 g/mol. The molecule has 0 saturated heterocycles. The van der Waals surface area contributed by atoms with Crippen molar-refractivity contribution in [2.45, 2.75) is 0 Å². The van der Waals surface area contributed by atoms with E-state index in [0.717, 1.165) is 71.4 Å².